The Bertz CT molecular complexity index is 579. The fourth-order valence-corrected chi connectivity index (χ4v) is 4.25. The van der Waals surface area contributed by atoms with E-state index in [0.717, 1.165) is 12.2 Å². The predicted octanol–water partition coefficient (Wildman–Crippen LogP) is 3.83. The quantitative estimate of drug-likeness (QED) is 0.787. The van der Waals surface area contributed by atoms with Crippen LogP contribution >= 0.6 is 0 Å². The van der Waals surface area contributed by atoms with Gasteiger partial charge in [-0.2, -0.15) is 0 Å². The standard InChI is InChI=1S/C20H30N2O2/c1-13(2)17(19(23)24-20(3,4)5)22-12-14-9-10-15(14)18(22)16-8-6-7-11-21-16/h6-8,11,13-15,17-18H,9-10,12H2,1-5H3/t14-,15-,17+,18+/m1/s1. The van der Waals surface area contributed by atoms with Gasteiger partial charge in [0, 0.05) is 12.7 Å². The monoisotopic (exact) mass is 330 g/mol. The maximum Gasteiger partial charge on any atom is 0.324 e. The van der Waals surface area contributed by atoms with E-state index in [9.17, 15) is 4.79 Å². The molecule has 24 heavy (non-hydrogen) atoms. The number of hydrogen-bond donors (Lipinski definition) is 0. The lowest BCUT2D eigenvalue weighted by molar-refractivity contribution is -0.164. The fraction of sp³-hybridized carbons (Fsp3) is 0.700. The lowest BCUT2D eigenvalue weighted by atomic mass is 9.72. The molecule has 0 radical (unpaired) electrons. The molecule has 132 valence electrons. The number of esters is 1. The lowest BCUT2D eigenvalue weighted by Gasteiger charge is -2.37. The third-order valence-electron chi connectivity index (χ3n) is 5.31. The van der Waals surface area contributed by atoms with E-state index in [2.05, 4.69) is 29.8 Å². The molecule has 1 saturated carbocycles. The van der Waals surface area contributed by atoms with Crippen molar-refractivity contribution < 1.29 is 9.53 Å². The van der Waals surface area contributed by atoms with E-state index in [0.29, 0.717) is 11.8 Å². The largest absolute Gasteiger partial charge is 0.459 e. The molecule has 0 aromatic carbocycles. The summed E-state index contributed by atoms with van der Waals surface area (Å²) >= 11 is 0. The zero-order chi connectivity index (χ0) is 17.5. The van der Waals surface area contributed by atoms with Crippen LogP contribution in [0.2, 0.25) is 0 Å². The first kappa shape index (κ1) is 17.4. The van der Waals surface area contributed by atoms with Gasteiger partial charge in [0.15, 0.2) is 0 Å². The van der Waals surface area contributed by atoms with Crippen molar-refractivity contribution in [2.24, 2.45) is 17.8 Å². The molecule has 2 heterocycles. The van der Waals surface area contributed by atoms with E-state index in [1.807, 2.05) is 39.1 Å². The summed E-state index contributed by atoms with van der Waals surface area (Å²) in [5.41, 5.74) is 0.641. The number of nitrogens with zero attached hydrogens (tertiary/aromatic N) is 2. The second-order valence-corrected chi connectivity index (χ2v) is 8.62. The fourth-order valence-electron chi connectivity index (χ4n) is 4.25. The Kier molecular flexibility index (Phi) is 4.69. The number of carbonyl (C=O) groups is 1. The normalized spacial score (nSPS) is 28.3. The van der Waals surface area contributed by atoms with Crippen molar-refractivity contribution in [3.63, 3.8) is 0 Å². The summed E-state index contributed by atoms with van der Waals surface area (Å²) in [5, 5.41) is 0. The predicted molar refractivity (Wildman–Crippen MR) is 94.4 cm³/mol. The Morgan fingerprint density at radius 3 is 2.54 bits per heavy atom. The van der Waals surface area contributed by atoms with E-state index in [1.54, 1.807) is 0 Å². The zero-order valence-electron chi connectivity index (χ0n) is 15.5. The number of ether oxygens (including phenoxy) is 1. The molecule has 0 bridgehead atoms. The molecule has 4 heteroatoms. The minimum Gasteiger partial charge on any atom is -0.459 e. The van der Waals surface area contributed by atoms with Crippen molar-refractivity contribution in [1.82, 2.24) is 9.88 Å². The lowest BCUT2D eigenvalue weighted by Crippen LogP contribution is -2.47. The van der Waals surface area contributed by atoms with Gasteiger partial charge < -0.3 is 4.74 Å². The van der Waals surface area contributed by atoms with Gasteiger partial charge in [-0.05, 0) is 63.5 Å². The smallest absolute Gasteiger partial charge is 0.324 e. The van der Waals surface area contributed by atoms with Gasteiger partial charge in [-0.15, -0.1) is 0 Å². The Morgan fingerprint density at radius 2 is 2.04 bits per heavy atom. The highest BCUT2D eigenvalue weighted by Gasteiger charge is 2.52. The summed E-state index contributed by atoms with van der Waals surface area (Å²) in [6.45, 7) is 11.0. The van der Waals surface area contributed by atoms with Crippen molar-refractivity contribution in [2.75, 3.05) is 6.54 Å². The molecular formula is C20H30N2O2. The van der Waals surface area contributed by atoms with E-state index in [-0.39, 0.29) is 24.0 Å². The third-order valence-corrected chi connectivity index (χ3v) is 5.31. The first-order chi connectivity index (χ1) is 11.3. The number of carbonyl (C=O) groups excluding carboxylic acids is 1. The van der Waals surface area contributed by atoms with E-state index >= 15 is 0 Å². The van der Waals surface area contributed by atoms with Gasteiger partial charge in [0.25, 0.3) is 0 Å². The highest BCUT2D eigenvalue weighted by atomic mass is 16.6. The van der Waals surface area contributed by atoms with Crippen LogP contribution in [0.3, 0.4) is 0 Å². The van der Waals surface area contributed by atoms with Crippen molar-refractivity contribution in [2.45, 2.75) is 65.1 Å². The van der Waals surface area contributed by atoms with Crippen LogP contribution in [-0.2, 0) is 9.53 Å². The van der Waals surface area contributed by atoms with Crippen LogP contribution in [0.1, 0.15) is 59.2 Å². The summed E-state index contributed by atoms with van der Waals surface area (Å²) in [6, 6.07) is 6.14. The van der Waals surface area contributed by atoms with Crippen LogP contribution in [0, 0.1) is 17.8 Å². The minimum atomic E-state index is -0.455. The molecular weight excluding hydrogens is 300 g/mol. The van der Waals surface area contributed by atoms with Gasteiger partial charge in [-0.1, -0.05) is 19.9 Å². The van der Waals surface area contributed by atoms with Gasteiger partial charge in [0.1, 0.15) is 11.6 Å². The van der Waals surface area contributed by atoms with Crippen molar-refractivity contribution in [1.29, 1.82) is 0 Å². The second-order valence-electron chi connectivity index (χ2n) is 8.62. The van der Waals surface area contributed by atoms with Crippen LogP contribution in [0.4, 0.5) is 0 Å². The van der Waals surface area contributed by atoms with Gasteiger partial charge in [-0.25, -0.2) is 0 Å². The maximum absolute atomic E-state index is 12.9. The van der Waals surface area contributed by atoms with Crippen LogP contribution in [0.15, 0.2) is 24.4 Å². The van der Waals surface area contributed by atoms with Gasteiger partial charge in [0.2, 0.25) is 0 Å². The molecule has 3 rings (SSSR count). The summed E-state index contributed by atoms with van der Waals surface area (Å²) in [7, 11) is 0. The van der Waals surface area contributed by atoms with Crippen LogP contribution < -0.4 is 0 Å². The van der Waals surface area contributed by atoms with E-state index < -0.39 is 5.60 Å². The van der Waals surface area contributed by atoms with Crippen LogP contribution in [0.25, 0.3) is 0 Å². The Balaban J connectivity index is 1.89. The Morgan fingerprint density at radius 1 is 1.29 bits per heavy atom. The highest BCUT2D eigenvalue weighted by molar-refractivity contribution is 5.76. The SMILES string of the molecule is CC(C)[C@@H](C(=O)OC(C)(C)C)N1C[C@H]2CC[C@H]2[C@H]1c1ccccn1. The number of fused-ring (bicyclic) bond motifs is 1. The number of pyridine rings is 1. The Hall–Kier alpha value is -1.42. The molecule has 2 aliphatic rings. The van der Waals surface area contributed by atoms with Crippen LogP contribution in [0.5, 0.6) is 0 Å². The molecule has 0 unspecified atom stereocenters. The second kappa shape index (κ2) is 6.47. The van der Waals surface area contributed by atoms with Crippen LogP contribution in [-0.4, -0.2) is 34.0 Å². The van der Waals surface area contributed by atoms with Crippen molar-refractivity contribution in [3.05, 3.63) is 30.1 Å². The molecule has 0 spiro atoms. The molecule has 1 aliphatic carbocycles. The average molecular weight is 330 g/mol. The molecule has 0 amide bonds. The summed E-state index contributed by atoms with van der Waals surface area (Å²) in [6.07, 6.45) is 4.36. The minimum absolute atomic E-state index is 0.0975. The molecule has 4 nitrogen and oxygen atoms in total. The van der Waals surface area contributed by atoms with Gasteiger partial charge in [-0.3, -0.25) is 14.7 Å². The maximum atomic E-state index is 12.9. The molecule has 2 fully saturated rings. The topological polar surface area (TPSA) is 42.4 Å². The molecule has 0 N–H and O–H groups in total. The first-order valence-corrected chi connectivity index (χ1v) is 9.17. The molecule has 4 atom stereocenters. The average Bonchev–Trinajstić information content (AvgIpc) is 2.70. The third kappa shape index (κ3) is 3.34. The van der Waals surface area contributed by atoms with Gasteiger partial charge >= 0.3 is 5.97 Å². The highest BCUT2D eigenvalue weighted by Crippen LogP contribution is 2.52. The Labute approximate surface area is 145 Å². The van der Waals surface area contributed by atoms with Gasteiger partial charge in [0.05, 0.1) is 11.7 Å². The van der Waals surface area contributed by atoms with Crippen molar-refractivity contribution in [3.8, 4) is 0 Å². The molecule has 1 aromatic rings. The molecule has 1 aliphatic heterocycles. The molecule has 1 aromatic heterocycles. The number of hydrogen-bond acceptors (Lipinski definition) is 4. The summed E-state index contributed by atoms with van der Waals surface area (Å²) in [4.78, 5) is 19.9. The van der Waals surface area contributed by atoms with E-state index in [4.69, 9.17) is 4.74 Å². The molecule has 1 saturated heterocycles. The number of likely N-dealkylation sites (tertiary alicyclic amines) is 1. The summed E-state index contributed by atoms with van der Waals surface area (Å²) < 4.78 is 5.75. The van der Waals surface area contributed by atoms with Crippen molar-refractivity contribution >= 4 is 5.97 Å². The number of rotatable bonds is 4. The zero-order valence-corrected chi connectivity index (χ0v) is 15.5. The van der Waals surface area contributed by atoms with E-state index in [1.165, 1.54) is 12.8 Å². The number of aromatic nitrogens is 1. The summed E-state index contributed by atoms with van der Waals surface area (Å²) in [5.74, 6) is 1.44. The first-order valence-electron chi connectivity index (χ1n) is 9.17.